The van der Waals surface area contributed by atoms with E-state index in [1.54, 1.807) is 31.3 Å². The number of nitrogens with one attached hydrogen (secondary N) is 1. The minimum atomic E-state index is -0.215. The Kier molecular flexibility index (Phi) is 5.43. The van der Waals surface area contributed by atoms with Gasteiger partial charge in [-0.05, 0) is 24.3 Å². The first-order valence-corrected chi connectivity index (χ1v) is 9.02. The number of carbonyl (C=O) groups excluding carboxylic acids is 1. The molecule has 3 aromatic rings. The zero-order chi connectivity index (χ0) is 18.7. The monoisotopic (exact) mass is 376 g/mol. The lowest BCUT2D eigenvalue weighted by Gasteiger charge is -2.19. The van der Waals surface area contributed by atoms with E-state index in [1.807, 2.05) is 26.2 Å². The molecule has 0 saturated carbocycles. The van der Waals surface area contributed by atoms with E-state index in [-0.39, 0.29) is 11.7 Å². The minimum Gasteiger partial charge on any atom is -0.495 e. The fourth-order valence-corrected chi connectivity index (χ4v) is 3.64. The smallest absolute Gasteiger partial charge is 0.295 e. The normalized spacial score (nSPS) is 11.1. The summed E-state index contributed by atoms with van der Waals surface area (Å²) in [5, 5.41) is 0.588. The maximum Gasteiger partial charge on any atom is 0.295 e. The molecule has 2 heterocycles. The predicted molar refractivity (Wildman–Crippen MR) is 101 cm³/mol. The van der Waals surface area contributed by atoms with E-state index in [0.717, 1.165) is 11.2 Å². The van der Waals surface area contributed by atoms with Crippen molar-refractivity contribution in [3.8, 4) is 11.5 Å². The van der Waals surface area contributed by atoms with Gasteiger partial charge in [-0.1, -0.05) is 11.3 Å². The third-order valence-corrected chi connectivity index (χ3v) is 5.04. The van der Waals surface area contributed by atoms with Gasteiger partial charge >= 0.3 is 0 Å². The molecular formula is C18H22N3O4S+. The quantitative estimate of drug-likeness (QED) is 0.680. The van der Waals surface area contributed by atoms with E-state index < -0.39 is 0 Å². The van der Waals surface area contributed by atoms with Crippen LogP contribution in [0.4, 0.5) is 5.13 Å². The average molecular weight is 376 g/mol. The number of quaternary nitrogens is 1. The van der Waals surface area contributed by atoms with Crippen LogP contribution in [0, 0.1) is 0 Å². The maximum atomic E-state index is 12.9. The number of hydrogen-bond donors (Lipinski definition) is 1. The van der Waals surface area contributed by atoms with Gasteiger partial charge in [0, 0.05) is 0 Å². The standard InChI is InChI=1S/C18H21N3O4S/c1-20(2)9-10-21(17(22)14-6-5-11-25-14)18-19-15-12(23-3)7-8-13(24-4)16(15)26-18/h5-8,11H,9-10H2,1-4H3/p+1. The summed E-state index contributed by atoms with van der Waals surface area (Å²) < 4.78 is 17.0. The van der Waals surface area contributed by atoms with E-state index in [2.05, 4.69) is 4.98 Å². The first-order chi connectivity index (χ1) is 12.5. The molecule has 26 heavy (non-hydrogen) atoms. The summed E-state index contributed by atoms with van der Waals surface area (Å²) in [6.07, 6.45) is 1.49. The second kappa shape index (κ2) is 7.76. The number of fused-ring (bicyclic) bond motifs is 1. The van der Waals surface area contributed by atoms with E-state index in [9.17, 15) is 4.79 Å². The van der Waals surface area contributed by atoms with Gasteiger partial charge in [0.05, 0.1) is 47.7 Å². The van der Waals surface area contributed by atoms with Gasteiger partial charge < -0.3 is 18.8 Å². The Bertz CT molecular complexity index is 848. The summed E-state index contributed by atoms with van der Waals surface area (Å²) >= 11 is 1.40. The van der Waals surface area contributed by atoms with Gasteiger partial charge in [0.2, 0.25) is 0 Å². The highest BCUT2D eigenvalue weighted by molar-refractivity contribution is 7.22. The molecule has 7 nitrogen and oxygen atoms in total. The molecule has 0 bridgehead atoms. The van der Waals surface area contributed by atoms with Gasteiger partial charge in [-0.2, -0.15) is 0 Å². The van der Waals surface area contributed by atoms with Crippen molar-refractivity contribution in [3.63, 3.8) is 0 Å². The van der Waals surface area contributed by atoms with E-state index in [4.69, 9.17) is 13.9 Å². The maximum absolute atomic E-state index is 12.9. The van der Waals surface area contributed by atoms with Crippen LogP contribution < -0.4 is 19.3 Å². The zero-order valence-electron chi connectivity index (χ0n) is 15.2. The molecule has 138 valence electrons. The van der Waals surface area contributed by atoms with Gasteiger partial charge in [0.15, 0.2) is 10.9 Å². The molecular weight excluding hydrogens is 354 g/mol. The Hall–Kier alpha value is -2.58. The summed E-state index contributed by atoms with van der Waals surface area (Å²) in [4.78, 5) is 20.5. The molecule has 1 N–H and O–H groups in total. The second-order valence-electron chi connectivity index (χ2n) is 6.04. The van der Waals surface area contributed by atoms with Crippen molar-refractivity contribution in [2.75, 3.05) is 46.3 Å². The van der Waals surface area contributed by atoms with Crippen molar-refractivity contribution in [3.05, 3.63) is 36.3 Å². The topological polar surface area (TPSA) is 69.2 Å². The van der Waals surface area contributed by atoms with Gasteiger partial charge in [-0.25, -0.2) is 4.98 Å². The van der Waals surface area contributed by atoms with Crippen molar-refractivity contribution in [1.29, 1.82) is 0 Å². The summed E-state index contributed by atoms with van der Waals surface area (Å²) in [5.74, 6) is 1.42. The molecule has 8 heteroatoms. The van der Waals surface area contributed by atoms with Crippen molar-refractivity contribution in [1.82, 2.24) is 4.98 Å². The number of carbonyl (C=O) groups is 1. The molecule has 0 saturated heterocycles. The lowest BCUT2D eigenvalue weighted by atomic mass is 10.3. The number of methoxy groups -OCH3 is 2. The van der Waals surface area contributed by atoms with Crippen LogP contribution in [-0.2, 0) is 0 Å². The van der Waals surface area contributed by atoms with Crippen LogP contribution in [0.1, 0.15) is 10.6 Å². The highest BCUT2D eigenvalue weighted by atomic mass is 32.1. The lowest BCUT2D eigenvalue weighted by molar-refractivity contribution is -0.856. The Morgan fingerprint density at radius 3 is 2.58 bits per heavy atom. The first kappa shape index (κ1) is 18.2. The number of aromatic nitrogens is 1. The molecule has 0 fully saturated rings. The van der Waals surface area contributed by atoms with Crippen LogP contribution in [0.25, 0.3) is 10.2 Å². The number of hydrogen-bond acceptors (Lipinski definition) is 6. The number of rotatable bonds is 7. The first-order valence-electron chi connectivity index (χ1n) is 8.21. The number of benzene rings is 1. The number of likely N-dealkylation sites (N-methyl/N-ethyl adjacent to an activating group) is 1. The number of anilines is 1. The molecule has 0 aliphatic rings. The molecule has 0 aliphatic heterocycles. The number of ether oxygens (including phenoxy) is 2. The SMILES string of the molecule is COc1ccc(OC)c2sc(N(CC[NH+](C)C)C(=O)c3ccco3)nc12. The second-order valence-corrected chi connectivity index (χ2v) is 7.01. The fraction of sp³-hybridized carbons (Fsp3) is 0.333. The van der Waals surface area contributed by atoms with Crippen LogP contribution in [0.3, 0.4) is 0 Å². The minimum absolute atomic E-state index is 0.215. The van der Waals surface area contributed by atoms with E-state index >= 15 is 0 Å². The summed E-state index contributed by atoms with van der Waals surface area (Å²) in [6, 6.07) is 7.01. The number of furan rings is 1. The van der Waals surface area contributed by atoms with E-state index in [0.29, 0.717) is 28.7 Å². The van der Waals surface area contributed by atoms with E-state index in [1.165, 1.54) is 22.5 Å². The van der Waals surface area contributed by atoms with Crippen molar-refractivity contribution < 1.29 is 23.6 Å². The molecule has 0 atom stereocenters. The highest BCUT2D eigenvalue weighted by Gasteiger charge is 2.25. The van der Waals surface area contributed by atoms with Crippen LogP contribution in [0.5, 0.6) is 11.5 Å². The molecule has 2 aromatic heterocycles. The van der Waals surface area contributed by atoms with Gasteiger partial charge in [0.1, 0.15) is 21.7 Å². The average Bonchev–Trinajstić information content (AvgIpc) is 3.30. The third kappa shape index (κ3) is 3.51. The molecule has 3 rings (SSSR count). The molecule has 0 spiro atoms. The molecule has 1 aromatic carbocycles. The van der Waals surface area contributed by atoms with Crippen molar-refractivity contribution >= 4 is 32.6 Å². The summed E-state index contributed by atoms with van der Waals surface area (Å²) in [6.45, 7) is 1.29. The van der Waals surface area contributed by atoms with Gasteiger partial charge in [0.25, 0.3) is 5.91 Å². The van der Waals surface area contributed by atoms with Crippen LogP contribution in [0.15, 0.2) is 34.9 Å². The largest absolute Gasteiger partial charge is 0.495 e. The number of thiazole rings is 1. The van der Waals surface area contributed by atoms with Gasteiger partial charge in [-0.3, -0.25) is 9.69 Å². The predicted octanol–water partition coefficient (Wildman–Crippen LogP) is 1.70. The Labute approximate surface area is 155 Å². The molecule has 1 amide bonds. The molecule has 0 aliphatic carbocycles. The van der Waals surface area contributed by atoms with Crippen LogP contribution in [-0.4, -0.2) is 52.3 Å². The fourth-order valence-electron chi connectivity index (χ4n) is 2.54. The lowest BCUT2D eigenvalue weighted by Crippen LogP contribution is -3.06. The Morgan fingerprint density at radius 2 is 1.96 bits per heavy atom. The summed E-state index contributed by atoms with van der Waals surface area (Å²) in [5.41, 5.74) is 0.682. The highest BCUT2D eigenvalue weighted by Crippen LogP contribution is 2.40. The zero-order valence-corrected chi connectivity index (χ0v) is 16.1. The van der Waals surface area contributed by atoms with Crippen LogP contribution in [0.2, 0.25) is 0 Å². The van der Waals surface area contributed by atoms with Crippen LogP contribution >= 0.6 is 11.3 Å². The summed E-state index contributed by atoms with van der Waals surface area (Å²) in [7, 11) is 7.29. The van der Waals surface area contributed by atoms with Gasteiger partial charge in [-0.15, -0.1) is 0 Å². The third-order valence-electron chi connectivity index (χ3n) is 3.94. The number of amides is 1. The Morgan fingerprint density at radius 1 is 1.23 bits per heavy atom. The van der Waals surface area contributed by atoms with Crippen molar-refractivity contribution in [2.24, 2.45) is 0 Å². The Balaban J connectivity index is 2.06. The molecule has 0 unspecified atom stereocenters. The molecule has 0 radical (unpaired) electrons. The number of nitrogens with zero attached hydrogens (tertiary/aromatic N) is 2. The van der Waals surface area contributed by atoms with Crippen molar-refractivity contribution in [2.45, 2.75) is 0 Å².